The standard InChI is InChI=1S/C13H10Cl2N2O2S/c14-11-6-4-10(5-7-11)8-9-20(18,19)17-13-3-1-2-12(15)16-13/h1-9H,(H,16,17)/b9-8+. The van der Waals surface area contributed by atoms with E-state index in [1.165, 1.54) is 12.1 Å². The topological polar surface area (TPSA) is 59.1 Å². The van der Waals surface area contributed by atoms with Crippen LogP contribution in [0.3, 0.4) is 0 Å². The molecule has 0 saturated heterocycles. The maximum atomic E-state index is 11.8. The highest BCUT2D eigenvalue weighted by Gasteiger charge is 2.06. The second-order valence-electron chi connectivity index (χ2n) is 3.85. The van der Waals surface area contributed by atoms with Crippen molar-refractivity contribution in [3.63, 3.8) is 0 Å². The zero-order chi connectivity index (χ0) is 14.6. The van der Waals surface area contributed by atoms with Gasteiger partial charge >= 0.3 is 0 Å². The van der Waals surface area contributed by atoms with Crippen LogP contribution >= 0.6 is 23.2 Å². The molecule has 0 spiro atoms. The molecule has 4 nitrogen and oxygen atoms in total. The van der Waals surface area contributed by atoms with E-state index in [0.29, 0.717) is 5.02 Å². The summed E-state index contributed by atoms with van der Waals surface area (Å²) >= 11 is 11.4. The van der Waals surface area contributed by atoms with Gasteiger partial charge in [0.05, 0.1) is 5.41 Å². The molecule has 0 radical (unpaired) electrons. The van der Waals surface area contributed by atoms with E-state index in [9.17, 15) is 8.42 Å². The van der Waals surface area contributed by atoms with Crippen molar-refractivity contribution in [2.75, 3.05) is 4.72 Å². The van der Waals surface area contributed by atoms with Crippen LogP contribution in [0, 0.1) is 0 Å². The third kappa shape index (κ3) is 4.52. The van der Waals surface area contributed by atoms with Crippen molar-refractivity contribution in [3.8, 4) is 0 Å². The predicted octanol–water partition coefficient (Wildman–Crippen LogP) is 3.80. The van der Waals surface area contributed by atoms with Crippen LogP contribution in [-0.4, -0.2) is 13.4 Å². The number of aromatic nitrogens is 1. The molecule has 1 aromatic heterocycles. The number of hydrogen-bond acceptors (Lipinski definition) is 3. The van der Waals surface area contributed by atoms with Gasteiger partial charge in [-0.3, -0.25) is 4.72 Å². The summed E-state index contributed by atoms with van der Waals surface area (Å²) in [6, 6.07) is 11.5. The Hall–Kier alpha value is -1.56. The van der Waals surface area contributed by atoms with E-state index in [2.05, 4.69) is 9.71 Å². The number of nitrogens with one attached hydrogen (secondary N) is 1. The van der Waals surface area contributed by atoms with Crippen molar-refractivity contribution in [1.82, 2.24) is 4.98 Å². The summed E-state index contributed by atoms with van der Waals surface area (Å²) in [5, 5.41) is 1.86. The quantitative estimate of drug-likeness (QED) is 0.868. The molecule has 1 aromatic carbocycles. The minimum Gasteiger partial charge on any atom is -0.264 e. The Kier molecular flexibility index (Phi) is 4.65. The van der Waals surface area contributed by atoms with E-state index in [0.717, 1.165) is 11.0 Å². The van der Waals surface area contributed by atoms with E-state index < -0.39 is 10.0 Å². The smallest absolute Gasteiger partial charge is 0.256 e. The molecule has 2 rings (SSSR count). The summed E-state index contributed by atoms with van der Waals surface area (Å²) in [6.45, 7) is 0. The molecule has 20 heavy (non-hydrogen) atoms. The number of benzene rings is 1. The molecule has 0 atom stereocenters. The van der Waals surface area contributed by atoms with Crippen LogP contribution in [0.15, 0.2) is 47.9 Å². The van der Waals surface area contributed by atoms with Gasteiger partial charge in [-0.05, 0) is 35.9 Å². The van der Waals surface area contributed by atoms with Crippen LogP contribution in [-0.2, 0) is 10.0 Å². The number of anilines is 1. The molecule has 0 bridgehead atoms. The third-order valence-electron chi connectivity index (χ3n) is 2.27. The van der Waals surface area contributed by atoms with Crippen molar-refractivity contribution in [3.05, 3.63) is 63.6 Å². The van der Waals surface area contributed by atoms with Gasteiger partial charge in [0.1, 0.15) is 11.0 Å². The lowest BCUT2D eigenvalue weighted by atomic mass is 10.2. The zero-order valence-corrected chi connectivity index (χ0v) is 12.5. The fourth-order valence-electron chi connectivity index (χ4n) is 1.39. The maximum Gasteiger partial charge on any atom is 0.256 e. The van der Waals surface area contributed by atoms with Gasteiger partial charge in [-0.2, -0.15) is 0 Å². The highest BCUT2D eigenvalue weighted by Crippen LogP contribution is 2.13. The number of hydrogen-bond donors (Lipinski definition) is 1. The molecule has 0 saturated carbocycles. The van der Waals surface area contributed by atoms with Gasteiger partial charge in [0.2, 0.25) is 0 Å². The molecule has 0 fully saturated rings. The average Bonchev–Trinajstić information content (AvgIpc) is 2.37. The maximum absolute atomic E-state index is 11.8. The van der Waals surface area contributed by atoms with Crippen LogP contribution in [0.2, 0.25) is 10.2 Å². The Balaban J connectivity index is 2.13. The predicted molar refractivity (Wildman–Crippen MR) is 82.3 cm³/mol. The normalized spacial score (nSPS) is 11.7. The lowest BCUT2D eigenvalue weighted by molar-refractivity contribution is 0.609. The third-order valence-corrected chi connectivity index (χ3v) is 3.72. The number of pyridine rings is 1. The fourth-order valence-corrected chi connectivity index (χ4v) is 2.49. The molecule has 7 heteroatoms. The first kappa shape index (κ1) is 14.8. The van der Waals surface area contributed by atoms with Gasteiger partial charge in [-0.25, -0.2) is 13.4 Å². The second-order valence-corrected chi connectivity index (χ2v) is 6.24. The summed E-state index contributed by atoms with van der Waals surface area (Å²) in [5.41, 5.74) is 0.721. The number of halogens is 2. The van der Waals surface area contributed by atoms with Gasteiger partial charge in [-0.1, -0.05) is 41.4 Å². The molecule has 0 aliphatic rings. The summed E-state index contributed by atoms with van der Waals surface area (Å²) in [5.74, 6) is 0.165. The van der Waals surface area contributed by atoms with Gasteiger partial charge in [0.15, 0.2) is 0 Å². The highest BCUT2D eigenvalue weighted by molar-refractivity contribution is 7.95. The Morgan fingerprint density at radius 3 is 2.40 bits per heavy atom. The van der Waals surface area contributed by atoms with Crippen molar-refractivity contribution < 1.29 is 8.42 Å². The molecule has 0 aliphatic carbocycles. The average molecular weight is 329 g/mol. The van der Waals surface area contributed by atoms with Crippen molar-refractivity contribution >= 4 is 45.1 Å². The number of rotatable bonds is 4. The van der Waals surface area contributed by atoms with E-state index in [4.69, 9.17) is 23.2 Å². The van der Waals surface area contributed by atoms with Crippen molar-refractivity contribution in [2.45, 2.75) is 0 Å². The highest BCUT2D eigenvalue weighted by atomic mass is 35.5. The summed E-state index contributed by atoms with van der Waals surface area (Å²) in [7, 11) is -3.64. The minimum absolute atomic E-state index is 0.165. The van der Waals surface area contributed by atoms with Gasteiger partial charge < -0.3 is 0 Å². The summed E-state index contributed by atoms with van der Waals surface area (Å²) in [4.78, 5) is 3.85. The summed E-state index contributed by atoms with van der Waals surface area (Å²) < 4.78 is 26.0. The van der Waals surface area contributed by atoms with Crippen LogP contribution in [0.4, 0.5) is 5.82 Å². The van der Waals surface area contributed by atoms with E-state index >= 15 is 0 Å². The first-order chi connectivity index (χ1) is 9.44. The molecule has 2 aromatic rings. The van der Waals surface area contributed by atoms with Crippen molar-refractivity contribution in [2.24, 2.45) is 0 Å². The SMILES string of the molecule is O=S(=O)(/C=C/c1ccc(Cl)cc1)Nc1cccc(Cl)n1. The first-order valence-corrected chi connectivity index (χ1v) is 7.84. The Labute approximate surface area is 127 Å². The molecule has 0 unspecified atom stereocenters. The first-order valence-electron chi connectivity index (χ1n) is 5.54. The van der Waals surface area contributed by atoms with Crippen LogP contribution in [0.25, 0.3) is 6.08 Å². The minimum atomic E-state index is -3.64. The number of sulfonamides is 1. The van der Waals surface area contributed by atoms with Crippen LogP contribution < -0.4 is 4.72 Å². The molecular weight excluding hydrogens is 319 g/mol. The fraction of sp³-hybridized carbons (Fsp3) is 0. The van der Waals surface area contributed by atoms with E-state index in [-0.39, 0.29) is 11.0 Å². The molecule has 0 amide bonds. The Morgan fingerprint density at radius 2 is 1.75 bits per heavy atom. The van der Waals surface area contributed by atoms with Crippen LogP contribution in [0.1, 0.15) is 5.56 Å². The number of nitrogens with zero attached hydrogens (tertiary/aromatic N) is 1. The molecular formula is C13H10Cl2N2O2S. The largest absolute Gasteiger partial charge is 0.264 e. The zero-order valence-electron chi connectivity index (χ0n) is 10.1. The Morgan fingerprint density at radius 1 is 1.05 bits per heavy atom. The molecule has 104 valence electrons. The van der Waals surface area contributed by atoms with Gasteiger partial charge in [0.25, 0.3) is 10.0 Å². The summed E-state index contributed by atoms with van der Waals surface area (Å²) in [6.07, 6.45) is 1.46. The lowest BCUT2D eigenvalue weighted by Gasteiger charge is -2.03. The van der Waals surface area contributed by atoms with E-state index in [1.807, 2.05) is 0 Å². The van der Waals surface area contributed by atoms with Crippen molar-refractivity contribution in [1.29, 1.82) is 0 Å². The second kappa shape index (κ2) is 6.26. The molecule has 1 heterocycles. The monoisotopic (exact) mass is 328 g/mol. The van der Waals surface area contributed by atoms with Gasteiger partial charge in [-0.15, -0.1) is 0 Å². The Bertz CT molecular complexity index is 728. The van der Waals surface area contributed by atoms with Gasteiger partial charge in [0, 0.05) is 5.02 Å². The molecule has 0 aliphatic heterocycles. The van der Waals surface area contributed by atoms with E-state index in [1.54, 1.807) is 36.4 Å². The van der Waals surface area contributed by atoms with Crippen LogP contribution in [0.5, 0.6) is 0 Å². The lowest BCUT2D eigenvalue weighted by Crippen LogP contribution is -2.09. The molecule has 1 N–H and O–H groups in total.